The Balaban J connectivity index is 1.43. The average Bonchev–Trinajstić information content (AvgIpc) is 3.08. The van der Waals surface area contributed by atoms with E-state index in [9.17, 15) is 4.79 Å². The Morgan fingerprint density at radius 1 is 1.19 bits per heavy atom. The lowest BCUT2D eigenvalue weighted by Gasteiger charge is -2.33. The molecule has 1 aromatic carbocycles. The van der Waals surface area contributed by atoms with Gasteiger partial charge in [-0.15, -0.1) is 0 Å². The second-order valence-corrected chi connectivity index (χ2v) is 9.00. The molecule has 2 aliphatic heterocycles. The van der Waals surface area contributed by atoms with Crippen LogP contribution in [0.25, 0.3) is 0 Å². The van der Waals surface area contributed by atoms with Crippen molar-refractivity contribution < 1.29 is 4.79 Å². The maximum atomic E-state index is 12.8. The molecule has 2 saturated heterocycles. The molecule has 4 nitrogen and oxygen atoms in total. The van der Waals surface area contributed by atoms with E-state index in [0.717, 1.165) is 38.4 Å². The highest BCUT2D eigenvalue weighted by Crippen LogP contribution is 2.22. The quantitative estimate of drug-likeness (QED) is 0.797. The van der Waals surface area contributed by atoms with Crippen LogP contribution in [-0.2, 0) is 11.3 Å². The molecule has 150 valence electrons. The number of carbonyl (C=O) groups excluding carboxylic acids is 1. The van der Waals surface area contributed by atoms with Crippen LogP contribution in [0, 0.1) is 18.8 Å². The number of nitrogens with zero attached hydrogens (tertiary/aromatic N) is 2. The molecule has 2 fully saturated rings. The van der Waals surface area contributed by atoms with Gasteiger partial charge in [-0.1, -0.05) is 43.7 Å². The van der Waals surface area contributed by atoms with E-state index in [-0.39, 0.29) is 11.9 Å². The molecule has 0 aliphatic carbocycles. The summed E-state index contributed by atoms with van der Waals surface area (Å²) in [6.07, 6.45) is 4.54. The zero-order valence-corrected chi connectivity index (χ0v) is 17.4. The van der Waals surface area contributed by atoms with Gasteiger partial charge in [0, 0.05) is 19.6 Å². The third kappa shape index (κ3) is 6.05. The summed E-state index contributed by atoms with van der Waals surface area (Å²) in [7, 11) is 0. The summed E-state index contributed by atoms with van der Waals surface area (Å²) in [5.41, 5.74) is 2.60. The van der Waals surface area contributed by atoms with Gasteiger partial charge in [0.25, 0.3) is 0 Å². The number of hydrogen-bond donors (Lipinski definition) is 1. The van der Waals surface area contributed by atoms with Crippen LogP contribution in [0.4, 0.5) is 0 Å². The van der Waals surface area contributed by atoms with E-state index in [1.165, 1.54) is 43.6 Å². The van der Waals surface area contributed by atoms with E-state index in [0.29, 0.717) is 5.92 Å². The van der Waals surface area contributed by atoms with Crippen LogP contribution in [0.15, 0.2) is 24.3 Å². The summed E-state index contributed by atoms with van der Waals surface area (Å²) in [6, 6.07) is 8.70. The smallest absolute Gasteiger partial charge is 0.237 e. The average molecular weight is 372 g/mol. The highest BCUT2D eigenvalue weighted by atomic mass is 16.2. The first-order chi connectivity index (χ1) is 13.0. The van der Waals surface area contributed by atoms with Gasteiger partial charge >= 0.3 is 0 Å². The van der Waals surface area contributed by atoms with Crippen LogP contribution in [-0.4, -0.2) is 54.5 Å². The molecule has 1 amide bonds. The van der Waals surface area contributed by atoms with Crippen LogP contribution in [0.2, 0.25) is 0 Å². The van der Waals surface area contributed by atoms with E-state index in [4.69, 9.17) is 0 Å². The fourth-order valence-electron chi connectivity index (χ4n) is 4.61. The number of hydrogen-bond acceptors (Lipinski definition) is 3. The summed E-state index contributed by atoms with van der Waals surface area (Å²) in [5, 5.41) is 3.28. The van der Waals surface area contributed by atoms with Crippen LogP contribution in [0.1, 0.15) is 50.7 Å². The lowest BCUT2D eigenvalue weighted by molar-refractivity contribution is -0.125. The molecule has 1 atom stereocenters. The first-order valence-electron chi connectivity index (χ1n) is 10.8. The Labute approximate surface area is 165 Å². The maximum Gasteiger partial charge on any atom is 0.237 e. The molecule has 0 spiro atoms. The van der Waals surface area contributed by atoms with Crippen molar-refractivity contribution in [2.45, 2.75) is 59.0 Å². The molecule has 2 aliphatic rings. The highest BCUT2D eigenvalue weighted by molar-refractivity contribution is 5.82. The fraction of sp³-hybridized carbons (Fsp3) is 0.696. The Morgan fingerprint density at radius 2 is 1.96 bits per heavy atom. The molecule has 0 saturated carbocycles. The minimum Gasteiger partial charge on any atom is -0.354 e. The highest BCUT2D eigenvalue weighted by Gasteiger charge is 2.31. The van der Waals surface area contributed by atoms with Gasteiger partial charge < -0.3 is 10.2 Å². The molecule has 1 unspecified atom stereocenters. The van der Waals surface area contributed by atoms with Crippen molar-refractivity contribution >= 4 is 5.91 Å². The number of carbonyl (C=O) groups is 1. The van der Waals surface area contributed by atoms with Crippen molar-refractivity contribution in [3.8, 4) is 0 Å². The topological polar surface area (TPSA) is 35.6 Å². The van der Waals surface area contributed by atoms with Crippen molar-refractivity contribution in [3.63, 3.8) is 0 Å². The van der Waals surface area contributed by atoms with Crippen LogP contribution < -0.4 is 5.32 Å². The lowest BCUT2D eigenvalue weighted by Crippen LogP contribution is -2.45. The fourth-order valence-corrected chi connectivity index (χ4v) is 4.61. The van der Waals surface area contributed by atoms with E-state index >= 15 is 0 Å². The van der Waals surface area contributed by atoms with E-state index in [2.05, 4.69) is 60.2 Å². The standard InChI is InChI=1S/C23H37N3O/c1-18(2)16-25-12-9-20(10-13-25)15-24-23(27)22-8-5-11-26(22)17-21-7-4-6-19(3)14-21/h4,6-7,14,18,20,22H,5,8-13,15-17H2,1-3H3,(H,24,27). The van der Waals surface area contributed by atoms with Gasteiger partial charge in [0.2, 0.25) is 5.91 Å². The number of aryl methyl sites for hydroxylation is 1. The summed E-state index contributed by atoms with van der Waals surface area (Å²) in [5.74, 6) is 1.62. The van der Waals surface area contributed by atoms with Gasteiger partial charge in [0.15, 0.2) is 0 Å². The van der Waals surface area contributed by atoms with E-state index in [1.807, 2.05) is 0 Å². The number of nitrogens with one attached hydrogen (secondary N) is 1. The molecule has 0 radical (unpaired) electrons. The zero-order valence-electron chi connectivity index (χ0n) is 17.4. The van der Waals surface area contributed by atoms with Crippen LogP contribution in [0.5, 0.6) is 0 Å². The van der Waals surface area contributed by atoms with E-state index < -0.39 is 0 Å². The third-order valence-electron chi connectivity index (χ3n) is 6.03. The van der Waals surface area contributed by atoms with Gasteiger partial charge in [0.05, 0.1) is 6.04 Å². The first-order valence-corrected chi connectivity index (χ1v) is 10.8. The number of amides is 1. The molecule has 4 heteroatoms. The zero-order chi connectivity index (χ0) is 19.2. The number of benzene rings is 1. The van der Waals surface area contributed by atoms with Crippen LogP contribution in [0.3, 0.4) is 0 Å². The molecule has 3 rings (SSSR count). The lowest BCUT2D eigenvalue weighted by atomic mass is 9.96. The molecule has 0 aromatic heterocycles. The SMILES string of the molecule is Cc1cccc(CN2CCCC2C(=O)NCC2CCN(CC(C)C)CC2)c1. The van der Waals surface area contributed by atoms with Crippen molar-refractivity contribution in [1.29, 1.82) is 0 Å². The number of piperidine rings is 1. The van der Waals surface area contributed by atoms with Crippen molar-refractivity contribution in [1.82, 2.24) is 15.1 Å². The van der Waals surface area contributed by atoms with Crippen molar-refractivity contribution in [3.05, 3.63) is 35.4 Å². The van der Waals surface area contributed by atoms with Gasteiger partial charge in [-0.25, -0.2) is 0 Å². The largest absolute Gasteiger partial charge is 0.354 e. The molecule has 27 heavy (non-hydrogen) atoms. The molecular weight excluding hydrogens is 334 g/mol. The van der Waals surface area contributed by atoms with Crippen molar-refractivity contribution in [2.24, 2.45) is 11.8 Å². The predicted octanol–water partition coefficient (Wildman–Crippen LogP) is 3.44. The number of rotatable bonds is 7. The summed E-state index contributed by atoms with van der Waals surface area (Å²) < 4.78 is 0. The minimum atomic E-state index is 0.0477. The Hall–Kier alpha value is -1.39. The monoisotopic (exact) mass is 371 g/mol. The molecule has 1 aromatic rings. The second-order valence-electron chi connectivity index (χ2n) is 9.00. The predicted molar refractivity (Wildman–Crippen MR) is 112 cm³/mol. The van der Waals surface area contributed by atoms with Gasteiger partial charge in [-0.2, -0.15) is 0 Å². The van der Waals surface area contributed by atoms with Gasteiger partial charge in [-0.3, -0.25) is 9.69 Å². The molecule has 1 N–H and O–H groups in total. The molecular formula is C23H37N3O. The summed E-state index contributed by atoms with van der Waals surface area (Å²) in [6.45, 7) is 13.0. The Morgan fingerprint density at radius 3 is 2.67 bits per heavy atom. The minimum absolute atomic E-state index is 0.0477. The van der Waals surface area contributed by atoms with Crippen LogP contribution >= 0.6 is 0 Å². The summed E-state index contributed by atoms with van der Waals surface area (Å²) in [4.78, 5) is 17.7. The van der Waals surface area contributed by atoms with E-state index in [1.54, 1.807) is 0 Å². The normalized spacial score (nSPS) is 22.4. The molecule has 2 heterocycles. The Kier molecular flexibility index (Phi) is 7.31. The van der Waals surface area contributed by atoms with Crippen molar-refractivity contribution in [2.75, 3.05) is 32.7 Å². The maximum absolute atomic E-state index is 12.8. The Bertz CT molecular complexity index is 607. The van der Waals surface area contributed by atoms with Gasteiger partial charge in [0.1, 0.15) is 0 Å². The van der Waals surface area contributed by atoms with Gasteiger partial charge in [-0.05, 0) is 69.6 Å². The molecule has 0 bridgehead atoms. The number of likely N-dealkylation sites (tertiary alicyclic amines) is 2. The second kappa shape index (κ2) is 9.70. The summed E-state index contributed by atoms with van der Waals surface area (Å²) >= 11 is 0. The third-order valence-corrected chi connectivity index (χ3v) is 6.03. The first kappa shape index (κ1) is 20.3.